The lowest BCUT2D eigenvalue weighted by Crippen LogP contribution is -2.08. The van der Waals surface area contributed by atoms with E-state index in [0.29, 0.717) is 0 Å². The van der Waals surface area contributed by atoms with Gasteiger partial charge in [-0.1, -0.05) is 88.0 Å². The largest absolute Gasteiger partial charge is 0.289 e. The number of alkyl halides is 2. The summed E-state index contributed by atoms with van der Waals surface area (Å²) in [5, 5.41) is 1.51. The highest BCUT2D eigenvalue weighted by Gasteiger charge is 2.18. The van der Waals surface area contributed by atoms with Gasteiger partial charge in [0, 0.05) is 30.7 Å². The monoisotopic (exact) mass is 550 g/mol. The van der Waals surface area contributed by atoms with E-state index in [1.165, 1.54) is 0 Å². The zero-order chi connectivity index (χ0) is 16.4. The molecule has 2 aromatic rings. The van der Waals surface area contributed by atoms with Crippen LogP contribution >= 0.6 is 63.7 Å². The lowest BCUT2D eigenvalue weighted by Gasteiger charge is -2.13. The Hall–Kier alpha value is 0.0300. The van der Waals surface area contributed by atoms with Gasteiger partial charge in [0.05, 0.1) is 0 Å². The van der Waals surface area contributed by atoms with E-state index in [1.807, 2.05) is 38.1 Å². The first-order valence-electron chi connectivity index (χ1n) is 6.65. The summed E-state index contributed by atoms with van der Waals surface area (Å²) >= 11 is 14.1. The van der Waals surface area contributed by atoms with Crippen molar-refractivity contribution in [3.05, 3.63) is 66.6 Å². The number of hydrogen-bond acceptors (Lipinski definition) is 1. The minimum atomic E-state index is 0.0543. The first-order valence-corrected chi connectivity index (χ1v) is 10.5. The molecule has 0 aliphatic rings. The van der Waals surface area contributed by atoms with Crippen LogP contribution in [-0.2, 0) is 10.7 Å². The van der Waals surface area contributed by atoms with Crippen molar-refractivity contribution in [3.8, 4) is 0 Å². The Labute approximate surface area is 164 Å². The summed E-state index contributed by atoms with van der Waals surface area (Å²) in [5.74, 6) is 0.0543. The molecule has 0 bridgehead atoms. The standard InChI is InChI=1S/C17H14Br4O/c1-9-13(5-3-11(7-18)15(9)20)17(22)14-6-4-12(8-19)16(21)10(14)2/h3-6H,7-8H2,1-2H3. The summed E-state index contributed by atoms with van der Waals surface area (Å²) < 4.78 is 1.98. The molecule has 0 aliphatic carbocycles. The van der Waals surface area contributed by atoms with Crippen LogP contribution in [0.3, 0.4) is 0 Å². The number of carbonyl (C=O) groups excluding carboxylic acids is 1. The van der Waals surface area contributed by atoms with Gasteiger partial charge in [0.15, 0.2) is 5.78 Å². The van der Waals surface area contributed by atoms with E-state index in [4.69, 9.17) is 0 Å². The summed E-state index contributed by atoms with van der Waals surface area (Å²) in [6.45, 7) is 3.95. The van der Waals surface area contributed by atoms with Gasteiger partial charge in [-0.3, -0.25) is 4.79 Å². The fourth-order valence-electron chi connectivity index (χ4n) is 2.33. The SMILES string of the molecule is Cc1c(C(=O)c2ccc(CBr)c(Br)c2C)ccc(CBr)c1Br. The van der Waals surface area contributed by atoms with Crippen molar-refractivity contribution in [2.24, 2.45) is 0 Å². The normalized spacial score (nSPS) is 10.8. The highest BCUT2D eigenvalue weighted by Crippen LogP contribution is 2.31. The van der Waals surface area contributed by atoms with Gasteiger partial charge in [-0.05, 0) is 36.1 Å². The highest BCUT2D eigenvalue weighted by molar-refractivity contribution is 9.11. The van der Waals surface area contributed by atoms with Gasteiger partial charge in [0.25, 0.3) is 0 Å². The third-order valence-corrected chi connectivity index (χ3v) is 7.13. The van der Waals surface area contributed by atoms with Crippen LogP contribution in [0.5, 0.6) is 0 Å². The zero-order valence-corrected chi connectivity index (χ0v) is 18.5. The summed E-state index contributed by atoms with van der Waals surface area (Å²) in [7, 11) is 0. The number of halogens is 4. The molecule has 0 saturated heterocycles. The van der Waals surface area contributed by atoms with Crippen molar-refractivity contribution in [3.63, 3.8) is 0 Å². The van der Waals surface area contributed by atoms with Crippen LogP contribution in [-0.4, -0.2) is 5.78 Å². The minimum Gasteiger partial charge on any atom is -0.289 e. The summed E-state index contributed by atoms with van der Waals surface area (Å²) in [6, 6.07) is 7.78. The van der Waals surface area contributed by atoms with Crippen molar-refractivity contribution < 1.29 is 4.79 Å². The first kappa shape index (κ1) is 18.4. The molecule has 0 spiro atoms. The lowest BCUT2D eigenvalue weighted by atomic mass is 9.94. The van der Waals surface area contributed by atoms with Crippen LogP contribution in [0.15, 0.2) is 33.2 Å². The maximum Gasteiger partial charge on any atom is 0.193 e. The highest BCUT2D eigenvalue weighted by atomic mass is 79.9. The Morgan fingerprint density at radius 1 is 0.818 bits per heavy atom. The maximum atomic E-state index is 12.9. The number of rotatable bonds is 4. The zero-order valence-electron chi connectivity index (χ0n) is 12.1. The Morgan fingerprint density at radius 2 is 1.18 bits per heavy atom. The molecule has 0 unspecified atom stereocenters. The topological polar surface area (TPSA) is 17.1 Å². The van der Waals surface area contributed by atoms with E-state index < -0.39 is 0 Å². The predicted molar refractivity (Wildman–Crippen MR) is 106 cm³/mol. The molecule has 5 heteroatoms. The quantitative estimate of drug-likeness (QED) is 0.299. The molecule has 116 valence electrons. The number of hydrogen-bond donors (Lipinski definition) is 0. The number of carbonyl (C=O) groups is 1. The van der Waals surface area contributed by atoms with Gasteiger partial charge in [-0.2, -0.15) is 0 Å². The molecule has 0 aliphatic heterocycles. The van der Waals surface area contributed by atoms with Crippen molar-refractivity contribution in [2.45, 2.75) is 24.5 Å². The molecule has 2 rings (SSSR count). The van der Waals surface area contributed by atoms with Gasteiger partial charge in [0.1, 0.15) is 0 Å². The summed E-state index contributed by atoms with van der Waals surface area (Å²) in [4.78, 5) is 12.9. The van der Waals surface area contributed by atoms with Crippen molar-refractivity contribution in [1.82, 2.24) is 0 Å². The van der Waals surface area contributed by atoms with Crippen LogP contribution < -0.4 is 0 Å². The first-order chi connectivity index (χ1) is 10.4. The van der Waals surface area contributed by atoms with Crippen LogP contribution in [0, 0.1) is 13.8 Å². The summed E-state index contributed by atoms with van der Waals surface area (Å²) in [5.41, 5.74) is 5.70. The van der Waals surface area contributed by atoms with Gasteiger partial charge >= 0.3 is 0 Å². The molecule has 0 N–H and O–H groups in total. The van der Waals surface area contributed by atoms with Crippen molar-refractivity contribution in [1.29, 1.82) is 0 Å². The van der Waals surface area contributed by atoms with Gasteiger partial charge in [-0.25, -0.2) is 0 Å². The van der Waals surface area contributed by atoms with Crippen LogP contribution in [0.25, 0.3) is 0 Å². The van der Waals surface area contributed by atoms with Gasteiger partial charge < -0.3 is 0 Å². The second kappa shape index (κ2) is 7.73. The molecule has 2 aromatic carbocycles. The third kappa shape index (κ3) is 3.42. The van der Waals surface area contributed by atoms with Gasteiger partial charge in [0.2, 0.25) is 0 Å². The maximum absolute atomic E-state index is 12.9. The average Bonchev–Trinajstić information content (AvgIpc) is 2.52. The van der Waals surface area contributed by atoms with E-state index >= 15 is 0 Å². The molecule has 0 amide bonds. The molecule has 22 heavy (non-hydrogen) atoms. The van der Waals surface area contributed by atoms with Crippen molar-refractivity contribution in [2.75, 3.05) is 0 Å². The second-order valence-electron chi connectivity index (χ2n) is 5.02. The fourth-order valence-corrected chi connectivity index (χ4v) is 4.98. The van der Waals surface area contributed by atoms with E-state index in [0.717, 1.165) is 53.0 Å². The van der Waals surface area contributed by atoms with E-state index in [-0.39, 0.29) is 5.78 Å². The number of benzene rings is 2. The van der Waals surface area contributed by atoms with Crippen LogP contribution in [0.1, 0.15) is 38.2 Å². The minimum absolute atomic E-state index is 0.0543. The Balaban J connectivity index is 2.54. The second-order valence-corrected chi connectivity index (χ2v) is 7.73. The van der Waals surface area contributed by atoms with Gasteiger partial charge in [-0.15, -0.1) is 0 Å². The predicted octanol–water partition coefficient (Wildman–Crippen LogP) is 6.85. The Kier molecular flexibility index (Phi) is 6.46. The van der Waals surface area contributed by atoms with E-state index in [2.05, 4.69) is 63.7 Å². The Morgan fingerprint density at radius 3 is 1.50 bits per heavy atom. The Bertz CT molecular complexity index is 676. The third-order valence-electron chi connectivity index (χ3n) is 3.71. The van der Waals surface area contributed by atoms with E-state index in [1.54, 1.807) is 0 Å². The molecular formula is C17H14Br4O. The van der Waals surface area contributed by atoms with Crippen LogP contribution in [0.2, 0.25) is 0 Å². The molecule has 1 nitrogen and oxygen atoms in total. The average molecular weight is 554 g/mol. The molecule has 0 heterocycles. The molecular weight excluding hydrogens is 540 g/mol. The molecule has 0 saturated carbocycles. The fraction of sp³-hybridized carbons (Fsp3) is 0.235. The molecule has 0 fully saturated rings. The molecule has 0 aromatic heterocycles. The van der Waals surface area contributed by atoms with Crippen LogP contribution in [0.4, 0.5) is 0 Å². The van der Waals surface area contributed by atoms with Crippen molar-refractivity contribution >= 4 is 69.5 Å². The smallest absolute Gasteiger partial charge is 0.193 e. The lowest BCUT2D eigenvalue weighted by molar-refractivity contribution is 0.103. The number of ketones is 1. The van der Waals surface area contributed by atoms with E-state index in [9.17, 15) is 4.79 Å². The summed E-state index contributed by atoms with van der Waals surface area (Å²) in [6.07, 6.45) is 0. The molecule has 0 radical (unpaired) electrons. The molecule has 0 atom stereocenters.